The van der Waals surface area contributed by atoms with E-state index in [0.717, 1.165) is 7.11 Å². The molecule has 0 aromatic carbocycles. The molecule has 2 rings (SSSR count). The highest BCUT2D eigenvalue weighted by Gasteiger charge is 2.25. The number of nitrogen functional groups attached to an aromatic ring is 1. The second-order valence-electron chi connectivity index (χ2n) is 6.12. The van der Waals surface area contributed by atoms with Gasteiger partial charge in [-0.05, 0) is 22.1 Å². The molecule has 13 nitrogen and oxygen atoms in total. The standard InChI is InChI=1S/C13H26N8O5Si/c1-9-6-21(7-10(8-22)26-9)20-13-17-11(16-12(18-13)19-14)15-4-3-5-27(23,24)25-2/h9-10,22H,3-8,14H2,1-2H3,(H3,15,16,17,18,19,20)/q-2/i22D. The van der Waals surface area contributed by atoms with E-state index in [0.29, 0.717) is 26.1 Å². The van der Waals surface area contributed by atoms with Gasteiger partial charge in [-0.25, -0.2) is 10.9 Å². The van der Waals surface area contributed by atoms with E-state index in [1.807, 2.05) is 11.9 Å². The van der Waals surface area contributed by atoms with E-state index in [1.165, 1.54) is 0 Å². The van der Waals surface area contributed by atoms with E-state index in [4.69, 9.17) is 12.0 Å². The molecule has 1 saturated heterocycles. The van der Waals surface area contributed by atoms with Crippen LogP contribution in [0.4, 0.5) is 17.8 Å². The first-order valence-corrected chi connectivity index (χ1v) is 10.5. The van der Waals surface area contributed by atoms with Crippen molar-refractivity contribution in [3.8, 4) is 0 Å². The lowest BCUT2D eigenvalue weighted by Crippen LogP contribution is -2.64. The van der Waals surface area contributed by atoms with E-state index >= 15 is 0 Å². The van der Waals surface area contributed by atoms with Gasteiger partial charge in [0.05, 0.1) is 18.8 Å². The number of aliphatic hydroxyl groups excluding tert-OH is 1. The number of nitrogens with zero attached hydrogens (tertiary/aromatic N) is 4. The average molecular weight is 403 g/mol. The minimum absolute atomic E-state index is 0.0696. The molecule has 0 amide bonds. The Bertz CT molecular complexity index is 618. The fraction of sp³-hybridized carbons (Fsp3) is 0.769. The van der Waals surface area contributed by atoms with Crippen LogP contribution in [0.3, 0.4) is 0 Å². The number of rotatable bonds is 11. The summed E-state index contributed by atoms with van der Waals surface area (Å²) in [6, 6.07) is -0.0696. The quantitative estimate of drug-likeness (QED) is 0.107. The summed E-state index contributed by atoms with van der Waals surface area (Å²) in [7, 11) is -2.92. The van der Waals surface area contributed by atoms with Crippen molar-refractivity contribution >= 4 is 26.6 Å². The van der Waals surface area contributed by atoms with Crippen LogP contribution >= 0.6 is 0 Å². The molecule has 1 aliphatic rings. The van der Waals surface area contributed by atoms with Crippen molar-refractivity contribution in [2.24, 2.45) is 5.84 Å². The van der Waals surface area contributed by atoms with Crippen LogP contribution < -0.4 is 31.6 Å². The van der Waals surface area contributed by atoms with Gasteiger partial charge in [0.25, 0.3) is 0 Å². The number of nitrogens with one attached hydrogen (secondary N) is 3. The van der Waals surface area contributed by atoms with Gasteiger partial charge in [0.15, 0.2) is 0 Å². The van der Waals surface area contributed by atoms with Crippen molar-refractivity contribution in [1.29, 1.82) is 1.43 Å². The molecule has 1 aliphatic heterocycles. The molecule has 0 saturated carbocycles. The summed E-state index contributed by atoms with van der Waals surface area (Å²) in [6.07, 6.45) is 0.00453. The van der Waals surface area contributed by atoms with Crippen molar-refractivity contribution in [1.82, 2.24) is 20.0 Å². The van der Waals surface area contributed by atoms with Crippen LogP contribution in [-0.4, -0.2) is 80.9 Å². The zero-order chi connectivity index (χ0) is 20.6. The predicted molar refractivity (Wildman–Crippen MR) is 94.9 cm³/mol. The van der Waals surface area contributed by atoms with Gasteiger partial charge in [-0.1, -0.05) is 6.04 Å². The zero-order valence-electron chi connectivity index (χ0n) is 16.3. The van der Waals surface area contributed by atoms with Crippen molar-refractivity contribution < 1.29 is 23.9 Å². The average Bonchev–Trinajstić information content (AvgIpc) is 2.65. The maximum absolute atomic E-state index is 11.4. The summed E-state index contributed by atoms with van der Waals surface area (Å²) in [5, 5.41) is 9.20. The van der Waals surface area contributed by atoms with Crippen LogP contribution in [0.1, 0.15) is 13.3 Å². The first-order valence-electron chi connectivity index (χ1n) is 8.93. The smallest absolute Gasteiger partial charge is 0.244 e. The van der Waals surface area contributed by atoms with Crippen LogP contribution in [-0.2, 0) is 9.16 Å². The Labute approximate surface area is 159 Å². The Kier molecular flexibility index (Phi) is 7.47. The molecule has 6 N–H and O–H groups in total. The minimum atomic E-state index is -4.07. The second kappa shape index (κ2) is 10.0. The van der Waals surface area contributed by atoms with Gasteiger partial charge in [0.1, 0.15) is 0 Å². The van der Waals surface area contributed by atoms with Crippen molar-refractivity contribution in [2.75, 3.05) is 49.5 Å². The largest absolute Gasteiger partial charge is 0.849 e. The van der Waals surface area contributed by atoms with Crippen LogP contribution in [0, 0.1) is 0 Å². The number of morpholine rings is 1. The monoisotopic (exact) mass is 403 g/mol. The molecule has 1 aromatic heterocycles. The molecule has 2 heterocycles. The maximum Gasteiger partial charge on any atom is 0.244 e. The molecule has 2 atom stereocenters. The Hall–Kier alpha value is -1.65. The van der Waals surface area contributed by atoms with Gasteiger partial charge < -0.3 is 29.2 Å². The van der Waals surface area contributed by atoms with Gasteiger partial charge in [-0.15, -0.1) is 0 Å². The Morgan fingerprint density at radius 1 is 1.37 bits per heavy atom. The van der Waals surface area contributed by atoms with E-state index < -0.39 is 8.80 Å². The lowest BCUT2D eigenvalue weighted by Gasteiger charge is -2.44. The van der Waals surface area contributed by atoms with Crippen LogP contribution in [0.5, 0.6) is 0 Å². The second-order valence-corrected chi connectivity index (χ2v) is 8.39. The number of ether oxygens (including phenoxy) is 1. The lowest BCUT2D eigenvalue weighted by molar-refractivity contribution is -0.404. The van der Waals surface area contributed by atoms with Crippen molar-refractivity contribution in [2.45, 2.75) is 31.6 Å². The Balaban J connectivity index is 1.96. The fourth-order valence-corrected chi connectivity index (χ4v) is 3.36. The van der Waals surface area contributed by atoms with Crippen LogP contribution in [0.25, 0.3) is 0 Å². The molecule has 0 bridgehead atoms. The Morgan fingerprint density at radius 2 is 2.11 bits per heavy atom. The van der Waals surface area contributed by atoms with Crippen molar-refractivity contribution in [3.63, 3.8) is 0 Å². The first kappa shape index (κ1) is 20.1. The normalized spacial score (nSPS) is 21.6. The molecule has 27 heavy (non-hydrogen) atoms. The molecule has 2 unspecified atom stereocenters. The fourth-order valence-electron chi connectivity index (χ4n) is 2.55. The number of hydrazine groups is 2. The van der Waals surface area contributed by atoms with Crippen molar-refractivity contribution in [3.05, 3.63) is 0 Å². The third kappa shape index (κ3) is 7.11. The third-order valence-electron chi connectivity index (χ3n) is 3.79. The summed E-state index contributed by atoms with van der Waals surface area (Å²) < 4.78 is 17.0. The zero-order valence-corrected chi connectivity index (χ0v) is 16.3. The van der Waals surface area contributed by atoms with Crippen LogP contribution in [0.15, 0.2) is 0 Å². The maximum atomic E-state index is 11.4. The van der Waals surface area contributed by atoms with Gasteiger partial charge in [0, 0.05) is 26.7 Å². The highest BCUT2D eigenvalue weighted by atomic mass is 28.4. The molecule has 0 aliphatic carbocycles. The first-order chi connectivity index (χ1) is 13.3. The van der Waals surface area contributed by atoms with E-state index in [-0.39, 0.29) is 42.7 Å². The third-order valence-corrected chi connectivity index (χ3v) is 5.38. The van der Waals surface area contributed by atoms with Gasteiger partial charge in [0.2, 0.25) is 19.3 Å². The van der Waals surface area contributed by atoms with E-state index in [2.05, 4.69) is 40.7 Å². The number of hydrogen-bond donors (Lipinski definition) is 5. The number of nitrogens with two attached hydrogens (primary N) is 1. The van der Waals surface area contributed by atoms with E-state index in [9.17, 15) is 9.59 Å². The molecule has 154 valence electrons. The molecular weight excluding hydrogens is 376 g/mol. The van der Waals surface area contributed by atoms with Crippen LogP contribution in [0.2, 0.25) is 6.04 Å². The highest BCUT2D eigenvalue weighted by Crippen LogP contribution is 2.14. The molecular formula is C13H26N8O5Si-2. The molecule has 14 heteroatoms. The number of hydrogen-bond acceptors (Lipinski definition) is 13. The topological polar surface area (TPSA) is 189 Å². The summed E-state index contributed by atoms with van der Waals surface area (Å²) >= 11 is 0. The highest BCUT2D eigenvalue weighted by molar-refractivity contribution is 6.53. The van der Waals surface area contributed by atoms with E-state index in [1.54, 1.807) is 0 Å². The van der Waals surface area contributed by atoms with Gasteiger partial charge >= 0.3 is 0 Å². The molecule has 0 radical (unpaired) electrons. The summed E-state index contributed by atoms with van der Waals surface area (Å²) in [5.74, 6) is 6.03. The number of aromatic nitrogens is 3. The summed E-state index contributed by atoms with van der Waals surface area (Å²) in [4.78, 5) is 35.2. The predicted octanol–water partition coefficient (Wildman–Crippen LogP) is -3.33. The molecule has 0 spiro atoms. The number of anilines is 3. The minimum Gasteiger partial charge on any atom is -0.849 e. The molecule has 1 fully saturated rings. The number of aliphatic hydroxyl groups is 1. The van der Waals surface area contributed by atoms with Gasteiger partial charge in [-0.2, -0.15) is 15.0 Å². The summed E-state index contributed by atoms with van der Waals surface area (Å²) in [5.41, 5.74) is 5.43. The lowest BCUT2D eigenvalue weighted by atomic mass is 10.2. The Morgan fingerprint density at radius 3 is 2.81 bits per heavy atom. The SMILES string of the molecule is [2H]OCC1CN(Nc2nc(NN)nc(NCCC[Si]([O-])([O-])OC)n2)CC(C)O1. The summed E-state index contributed by atoms with van der Waals surface area (Å²) in [6.45, 7) is 3.43. The molecule has 1 aromatic rings. The van der Waals surface area contributed by atoms with Gasteiger partial charge in [-0.3, -0.25) is 10.9 Å².